The summed E-state index contributed by atoms with van der Waals surface area (Å²) in [4.78, 5) is 21.8. The molecule has 0 bridgehead atoms. The molecule has 0 saturated heterocycles. The fourth-order valence-corrected chi connectivity index (χ4v) is 3.90. The second-order valence-corrected chi connectivity index (χ2v) is 9.30. The van der Waals surface area contributed by atoms with Crippen molar-refractivity contribution < 1.29 is 29.3 Å². The normalized spacial score (nSPS) is 12.4. The van der Waals surface area contributed by atoms with Crippen LogP contribution in [0.2, 0.25) is 0 Å². The van der Waals surface area contributed by atoms with Gasteiger partial charge in [-0.25, -0.2) is 0 Å². The molecule has 1 aromatic carbocycles. The summed E-state index contributed by atoms with van der Waals surface area (Å²) in [5.74, 6) is 0.262. The van der Waals surface area contributed by atoms with Crippen molar-refractivity contribution in [1.82, 2.24) is 0 Å². The largest absolute Gasteiger partial charge is 0.490 e. The van der Waals surface area contributed by atoms with E-state index in [0.717, 1.165) is 61.8 Å². The first kappa shape index (κ1) is 29.9. The highest BCUT2D eigenvalue weighted by atomic mass is 16.5. The molecule has 0 aromatic heterocycles. The van der Waals surface area contributed by atoms with E-state index in [1.807, 2.05) is 32.1 Å². The lowest BCUT2D eigenvalue weighted by molar-refractivity contribution is -0.137. The number of unbranched alkanes of at least 4 members (excludes halogenated alkanes) is 5. The van der Waals surface area contributed by atoms with E-state index in [4.69, 9.17) is 14.6 Å². The molecule has 1 rings (SSSR count). The van der Waals surface area contributed by atoms with Crippen LogP contribution in [0.5, 0.6) is 5.75 Å². The van der Waals surface area contributed by atoms with Crippen molar-refractivity contribution in [3.63, 3.8) is 0 Å². The SMILES string of the molecule is COCc1cc(CCCCCCC(C)=O)c(/C=C/C(O)CCCCCC(=O)O)c(OC(C)C)c1. The van der Waals surface area contributed by atoms with Crippen LogP contribution in [0.4, 0.5) is 0 Å². The van der Waals surface area contributed by atoms with Gasteiger partial charge in [0.1, 0.15) is 11.5 Å². The monoisotopic (exact) mass is 476 g/mol. The topological polar surface area (TPSA) is 93.1 Å². The van der Waals surface area contributed by atoms with Crippen LogP contribution in [0, 0.1) is 0 Å². The fraction of sp³-hybridized carbons (Fsp3) is 0.643. The standard InChI is InChI=1S/C28H44O6/c1-21(2)34-27-19-23(20-33-4)18-24(13-9-6-5-8-12-22(3)29)26(27)17-16-25(30)14-10-7-11-15-28(31)32/h16-19,21,25,30H,5-15,20H2,1-4H3,(H,31,32)/b17-16+. The molecular formula is C28H44O6. The van der Waals surface area contributed by atoms with Crippen molar-refractivity contribution in [1.29, 1.82) is 0 Å². The summed E-state index contributed by atoms with van der Waals surface area (Å²) in [6, 6.07) is 4.17. The number of ether oxygens (including phenoxy) is 2. The first-order valence-electron chi connectivity index (χ1n) is 12.6. The Morgan fingerprint density at radius 2 is 1.68 bits per heavy atom. The van der Waals surface area contributed by atoms with Gasteiger partial charge in [-0.1, -0.05) is 43.9 Å². The Bertz CT molecular complexity index is 768. The van der Waals surface area contributed by atoms with Crippen LogP contribution in [0.25, 0.3) is 6.08 Å². The predicted molar refractivity (Wildman–Crippen MR) is 136 cm³/mol. The maximum absolute atomic E-state index is 11.1. The molecule has 1 atom stereocenters. The molecule has 0 amide bonds. The Morgan fingerprint density at radius 3 is 2.32 bits per heavy atom. The van der Waals surface area contributed by atoms with Crippen LogP contribution in [0.3, 0.4) is 0 Å². The highest BCUT2D eigenvalue weighted by molar-refractivity contribution is 5.75. The van der Waals surface area contributed by atoms with Gasteiger partial charge in [0.15, 0.2) is 0 Å². The van der Waals surface area contributed by atoms with Gasteiger partial charge in [-0.3, -0.25) is 4.79 Å². The Kier molecular flexibility index (Phi) is 15.2. The van der Waals surface area contributed by atoms with E-state index < -0.39 is 12.1 Å². The van der Waals surface area contributed by atoms with Gasteiger partial charge in [-0.2, -0.15) is 0 Å². The Hall–Kier alpha value is -2.18. The Balaban J connectivity index is 2.91. The van der Waals surface area contributed by atoms with Crippen LogP contribution in [0.15, 0.2) is 18.2 Å². The van der Waals surface area contributed by atoms with Gasteiger partial charge in [-0.15, -0.1) is 0 Å². The number of benzene rings is 1. The summed E-state index contributed by atoms with van der Waals surface area (Å²) in [6.45, 7) is 6.14. The van der Waals surface area contributed by atoms with Crippen LogP contribution in [-0.2, 0) is 27.4 Å². The van der Waals surface area contributed by atoms with E-state index in [9.17, 15) is 14.7 Å². The maximum Gasteiger partial charge on any atom is 0.303 e. The Morgan fingerprint density at radius 1 is 1.00 bits per heavy atom. The van der Waals surface area contributed by atoms with E-state index in [1.54, 1.807) is 14.0 Å². The smallest absolute Gasteiger partial charge is 0.303 e. The lowest BCUT2D eigenvalue weighted by Crippen LogP contribution is -2.09. The van der Waals surface area contributed by atoms with E-state index in [0.29, 0.717) is 25.9 Å². The molecule has 2 N–H and O–H groups in total. The number of methoxy groups -OCH3 is 1. The van der Waals surface area contributed by atoms with Gasteiger partial charge in [0.05, 0.1) is 18.8 Å². The number of hydrogen-bond acceptors (Lipinski definition) is 5. The van der Waals surface area contributed by atoms with Crippen molar-refractivity contribution in [3.05, 3.63) is 34.9 Å². The molecule has 0 radical (unpaired) electrons. The Labute approximate surface area is 205 Å². The zero-order valence-electron chi connectivity index (χ0n) is 21.5. The number of ketones is 1. The number of carbonyl (C=O) groups is 2. The quantitative estimate of drug-likeness (QED) is 0.234. The molecule has 0 aliphatic carbocycles. The molecule has 0 fully saturated rings. The summed E-state index contributed by atoms with van der Waals surface area (Å²) in [7, 11) is 1.68. The lowest BCUT2D eigenvalue weighted by Gasteiger charge is -2.18. The molecule has 1 aromatic rings. The predicted octanol–water partition coefficient (Wildman–Crippen LogP) is 6.11. The lowest BCUT2D eigenvalue weighted by atomic mass is 9.96. The van der Waals surface area contributed by atoms with E-state index in [1.165, 1.54) is 5.56 Å². The molecule has 34 heavy (non-hydrogen) atoms. The summed E-state index contributed by atoms with van der Waals surface area (Å²) < 4.78 is 11.5. The highest BCUT2D eigenvalue weighted by Gasteiger charge is 2.13. The molecule has 0 heterocycles. The fourth-order valence-electron chi connectivity index (χ4n) is 3.90. The van der Waals surface area contributed by atoms with E-state index in [-0.39, 0.29) is 18.3 Å². The van der Waals surface area contributed by atoms with Gasteiger partial charge in [-0.05, 0) is 70.1 Å². The molecule has 1 unspecified atom stereocenters. The average Bonchev–Trinajstić information content (AvgIpc) is 2.74. The maximum atomic E-state index is 11.1. The number of carbonyl (C=O) groups excluding carboxylic acids is 1. The van der Waals surface area contributed by atoms with Crippen molar-refractivity contribution >= 4 is 17.8 Å². The number of aliphatic hydroxyl groups excluding tert-OH is 1. The summed E-state index contributed by atoms with van der Waals surface area (Å²) in [5, 5.41) is 19.2. The van der Waals surface area contributed by atoms with Gasteiger partial charge in [0, 0.05) is 25.5 Å². The summed E-state index contributed by atoms with van der Waals surface area (Å²) in [5.41, 5.74) is 3.21. The summed E-state index contributed by atoms with van der Waals surface area (Å²) >= 11 is 0. The van der Waals surface area contributed by atoms with Crippen LogP contribution in [0.1, 0.15) is 102 Å². The third-order valence-corrected chi connectivity index (χ3v) is 5.56. The molecular weight excluding hydrogens is 432 g/mol. The molecule has 0 aliphatic heterocycles. The number of carboxylic acids is 1. The van der Waals surface area contributed by atoms with Crippen LogP contribution >= 0.6 is 0 Å². The van der Waals surface area contributed by atoms with Crippen molar-refractivity contribution in [2.75, 3.05) is 7.11 Å². The third kappa shape index (κ3) is 13.5. The molecule has 0 aliphatic rings. The molecule has 0 spiro atoms. The van der Waals surface area contributed by atoms with Gasteiger partial charge < -0.3 is 24.5 Å². The van der Waals surface area contributed by atoms with Gasteiger partial charge >= 0.3 is 5.97 Å². The molecule has 6 heteroatoms. The number of Topliss-reactive ketones (excluding diaryl/α,β-unsaturated/α-hetero) is 1. The minimum atomic E-state index is -0.776. The minimum absolute atomic E-state index is 0.0172. The number of rotatable bonds is 19. The molecule has 6 nitrogen and oxygen atoms in total. The first-order valence-corrected chi connectivity index (χ1v) is 12.6. The molecule has 0 saturated carbocycles. The number of aliphatic carboxylic acids is 1. The minimum Gasteiger partial charge on any atom is -0.490 e. The average molecular weight is 477 g/mol. The highest BCUT2D eigenvalue weighted by Crippen LogP contribution is 2.30. The number of aryl methyl sites for hydroxylation is 1. The first-order chi connectivity index (χ1) is 16.2. The zero-order valence-corrected chi connectivity index (χ0v) is 21.5. The number of aliphatic hydroxyl groups is 1. The number of carboxylic acid groups (broad SMARTS) is 1. The second kappa shape index (κ2) is 17.3. The van der Waals surface area contributed by atoms with E-state index >= 15 is 0 Å². The van der Waals surface area contributed by atoms with Crippen molar-refractivity contribution in [2.45, 2.75) is 110 Å². The van der Waals surface area contributed by atoms with Crippen molar-refractivity contribution in [2.24, 2.45) is 0 Å². The van der Waals surface area contributed by atoms with E-state index in [2.05, 4.69) is 6.07 Å². The van der Waals surface area contributed by atoms with Gasteiger partial charge in [0.25, 0.3) is 0 Å². The second-order valence-electron chi connectivity index (χ2n) is 9.30. The summed E-state index contributed by atoms with van der Waals surface area (Å²) in [6.07, 6.45) is 11.8. The molecule has 192 valence electrons. The van der Waals surface area contributed by atoms with Gasteiger partial charge in [0.2, 0.25) is 0 Å². The number of hydrogen-bond donors (Lipinski definition) is 2. The van der Waals surface area contributed by atoms with Crippen molar-refractivity contribution in [3.8, 4) is 5.75 Å². The van der Waals surface area contributed by atoms with Crippen LogP contribution in [-0.4, -0.2) is 41.3 Å². The zero-order chi connectivity index (χ0) is 25.3. The third-order valence-electron chi connectivity index (χ3n) is 5.56. The van der Waals surface area contributed by atoms with Crippen LogP contribution < -0.4 is 4.74 Å².